The van der Waals surface area contributed by atoms with Gasteiger partial charge in [-0.05, 0) is 12.8 Å². The second-order valence-corrected chi connectivity index (χ2v) is 7.35. The van der Waals surface area contributed by atoms with Gasteiger partial charge in [0.1, 0.15) is 5.82 Å². The summed E-state index contributed by atoms with van der Waals surface area (Å²) in [7, 11) is 1.31. The molecule has 0 bridgehead atoms. The molecule has 158 valence electrons. The van der Waals surface area contributed by atoms with Crippen molar-refractivity contribution < 1.29 is 19.0 Å². The molecule has 2 unspecified atom stereocenters. The molecule has 0 saturated carbocycles. The van der Waals surface area contributed by atoms with Crippen molar-refractivity contribution >= 4 is 17.6 Å². The number of nitrogens with zero attached hydrogens (tertiary/aromatic N) is 5. The number of carbonyl (C=O) groups is 1. The van der Waals surface area contributed by atoms with Gasteiger partial charge in [-0.25, -0.2) is 9.78 Å². The molecule has 2 fully saturated rings. The minimum absolute atomic E-state index is 0.00484. The number of nitrogens with one attached hydrogen (secondary N) is 1. The summed E-state index contributed by atoms with van der Waals surface area (Å²) < 4.78 is 17.5. The fraction of sp³-hybridized carbons (Fsp3) is 0.684. The van der Waals surface area contributed by atoms with Gasteiger partial charge in [0.05, 0.1) is 26.9 Å². The Labute approximate surface area is 169 Å². The van der Waals surface area contributed by atoms with Gasteiger partial charge in [-0.2, -0.15) is 9.50 Å². The van der Waals surface area contributed by atoms with Crippen LogP contribution in [0.5, 0.6) is 0 Å². The van der Waals surface area contributed by atoms with Crippen molar-refractivity contribution in [3.8, 4) is 0 Å². The quantitative estimate of drug-likeness (QED) is 0.665. The molecule has 29 heavy (non-hydrogen) atoms. The van der Waals surface area contributed by atoms with Crippen molar-refractivity contribution in [1.29, 1.82) is 0 Å². The number of anilines is 1. The third kappa shape index (κ3) is 4.34. The number of fused-ring (bicyclic) bond motifs is 1. The zero-order valence-electron chi connectivity index (χ0n) is 17.0. The molecule has 2 saturated heterocycles. The summed E-state index contributed by atoms with van der Waals surface area (Å²) in [6, 6.07) is 2.29. The van der Waals surface area contributed by atoms with E-state index in [0.717, 1.165) is 70.4 Å². The van der Waals surface area contributed by atoms with E-state index in [1.54, 1.807) is 4.52 Å². The van der Waals surface area contributed by atoms with Gasteiger partial charge in [-0.1, -0.05) is 6.92 Å². The van der Waals surface area contributed by atoms with Crippen LogP contribution in [0.1, 0.15) is 29.7 Å². The Morgan fingerprint density at radius 2 is 2.14 bits per heavy atom. The molecule has 10 nitrogen and oxygen atoms in total. The Hall–Kier alpha value is -2.30. The van der Waals surface area contributed by atoms with Gasteiger partial charge in [-0.15, -0.1) is 5.10 Å². The standard InChI is InChI=1S/C19H28N6O4/c1-3-14-10-16(25-19(21-14)22-17(23-25)18(26)27-2)20-11-15(13-4-7-29-12-13)24-5-8-28-9-6-24/h10,13,15,20H,3-9,11-12H2,1-2H3. The number of rotatable bonds is 7. The van der Waals surface area contributed by atoms with E-state index in [1.807, 2.05) is 13.0 Å². The summed E-state index contributed by atoms with van der Waals surface area (Å²) in [5, 5.41) is 7.83. The first-order chi connectivity index (χ1) is 14.2. The minimum Gasteiger partial charge on any atom is -0.463 e. The molecule has 4 rings (SSSR count). The summed E-state index contributed by atoms with van der Waals surface area (Å²) in [4.78, 5) is 23.0. The minimum atomic E-state index is -0.575. The molecule has 2 aliphatic heterocycles. The fourth-order valence-electron chi connectivity index (χ4n) is 3.97. The number of carbonyl (C=O) groups excluding carboxylic acids is 1. The van der Waals surface area contributed by atoms with Crippen LogP contribution in [0.2, 0.25) is 0 Å². The highest BCUT2D eigenvalue weighted by atomic mass is 16.5. The van der Waals surface area contributed by atoms with E-state index in [9.17, 15) is 4.79 Å². The SMILES string of the molecule is CCc1cc(NCC(C2CCOC2)N2CCOCC2)n2nc(C(=O)OC)nc2n1. The van der Waals surface area contributed by atoms with E-state index < -0.39 is 5.97 Å². The topological polar surface area (TPSA) is 103 Å². The highest BCUT2D eigenvalue weighted by molar-refractivity contribution is 5.85. The molecule has 1 N–H and O–H groups in total. The predicted molar refractivity (Wildman–Crippen MR) is 105 cm³/mol. The van der Waals surface area contributed by atoms with Gasteiger partial charge in [0.25, 0.3) is 11.6 Å². The molecule has 0 aliphatic carbocycles. The van der Waals surface area contributed by atoms with E-state index in [1.165, 1.54) is 7.11 Å². The molecule has 0 aromatic carbocycles. The van der Waals surface area contributed by atoms with Crippen LogP contribution in [0.4, 0.5) is 5.82 Å². The largest absolute Gasteiger partial charge is 0.463 e. The summed E-state index contributed by atoms with van der Waals surface area (Å²) >= 11 is 0. The van der Waals surface area contributed by atoms with Crippen LogP contribution in [-0.2, 0) is 20.6 Å². The first-order valence-corrected chi connectivity index (χ1v) is 10.2. The molecule has 10 heteroatoms. The van der Waals surface area contributed by atoms with Gasteiger partial charge in [0.2, 0.25) is 0 Å². The van der Waals surface area contributed by atoms with Crippen LogP contribution >= 0.6 is 0 Å². The molecule has 2 aromatic rings. The average Bonchev–Trinajstić information content (AvgIpc) is 3.44. The second-order valence-electron chi connectivity index (χ2n) is 7.35. The average molecular weight is 404 g/mol. The molecular formula is C19H28N6O4. The Morgan fingerprint density at radius 1 is 1.31 bits per heavy atom. The lowest BCUT2D eigenvalue weighted by Crippen LogP contribution is -2.50. The van der Waals surface area contributed by atoms with E-state index in [4.69, 9.17) is 14.2 Å². The number of aromatic nitrogens is 4. The maximum atomic E-state index is 11.9. The molecule has 0 radical (unpaired) electrons. The monoisotopic (exact) mass is 404 g/mol. The van der Waals surface area contributed by atoms with Crippen molar-refractivity contribution in [2.24, 2.45) is 5.92 Å². The third-order valence-electron chi connectivity index (χ3n) is 5.61. The molecule has 2 aliphatic rings. The molecule has 0 amide bonds. The van der Waals surface area contributed by atoms with E-state index in [0.29, 0.717) is 17.7 Å². The fourth-order valence-corrected chi connectivity index (χ4v) is 3.97. The number of morpholine rings is 1. The number of ether oxygens (including phenoxy) is 3. The Bertz CT molecular complexity index is 845. The van der Waals surface area contributed by atoms with Gasteiger partial charge in [0.15, 0.2) is 0 Å². The number of hydrogen-bond acceptors (Lipinski definition) is 9. The zero-order chi connectivity index (χ0) is 20.2. The summed E-state index contributed by atoms with van der Waals surface area (Å²) in [6.07, 6.45) is 1.82. The van der Waals surface area contributed by atoms with Crippen LogP contribution in [0.15, 0.2) is 6.07 Å². The lowest BCUT2D eigenvalue weighted by atomic mass is 9.97. The van der Waals surface area contributed by atoms with E-state index in [2.05, 4.69) is 25.3 Å². The van der Waals surface area contributed by atoms with Crippen LogP contribution in [-0.4, -0.2) is 89.7 Å². The zero-order valence-corrected chi connectivity index (χ0v) is 17.0. The van der Waals surface area contributed by atoms with Crippen LogP contribution in [0.3, 0.4) is 0 Å². The van der Waals surface area contributed by atoms with Crippen molar-refractivity contribution in [1.82, 2.24) is 24.5 Å². The number of aryl methyl sites for hydroxylation is 1. The maximum Gasteiger partial charge on any atom is 0.378 e. The maximum absolute atomic E-state index is 11.9. The molecule has 4 heterocycles. The molecular weight excluding hydrogens is 376 g/mol. The van der Waals surface area contributed by atoms with Crippen molar-refractivity contribution in [3.05, 3.63) is 17.6 Å². The van der Waals surface area contributed by atoms with E-state index >= 15 is 0 Å². The summed E-state index contributed by atoms with van der Waals surface area (Å²) in [5.41, 5.74) is 0.885. The van der Waals surface area contributed by atoms with Gasteiger partial charge in [-0.3, -0.25) is 4.90 Å². The number of hydrogen-bond donors (Lipinski definition) is 1. The summed E-state index contributed by atoms with van der Waals surface area (Å²) in [5.74, 6) is 1.06. The molecule has 0 spiro atoms. The molecule has 2 aromatic heterocycles. The van der Waals surface area contributed by atoms with Crippen LogP contribution in [0.25, 0.3) is 5.78 Å². The number of methoxy groups -OCH3 is 1. The van der Waals surface area contributed by atoms with Crippen molar-refractivity contribution in [2.75, 3.05) is 58.5 Å². The smallest absolute Gasteiger partial charge is 0.378 e. The Morgan fingerprint density at radius 3 is 2.83 bits per heavy atom. The predicted octanol–water partition coefficient (Wildman–Crippen LogP) is 0.623. The van der Waals surface area contributed by atoms with Crippen LogP contribution < -0.4 is 5.32 Å². The second kappa shape index (κ2) is 9.02. The van der Waals surface area contributed by atoms with Gasteiger partial charge < -0.3 is 19.5 Å². The van der Waals surface area contributed by atoms with Crippen molar-refractivity contribution in [3.63, 3.8) is 0 Å². The number of esters is 1. The third-order valence-corrected chi connectivity index (χ3v) is 5.61. The van der Waals surface area contributed by atoms with Gasteiger partial charge in [0, 0.05) is 50.0 Å². The van der Waals surface area contributed by atoms with Crippen LogP contribution in [0, 0.1) is 5.92 Å². The summed E-state index contributed by atoms with van der Waals surface area (Å²) in [6.45, 7) is 7.73. The first-order valence-electron chi connectivity index (χ1n) is 10.2. The molecule has 2 atom stereocenters. The highest BCUT2D eigenvalue weighted by Gasteiger charge is 2.31. The highest BCUT2D eigenvalue weighted by Crippen LogP contribution is 2.23. The lowest BCUT2D eigenvalue weighted by Gasteiger charge is -2.37. The van der Waals surface area contributed by atoms with Crippen molar-refractivity contribution in [2.45, 2.75) is 25.8 Å². The Balaban J connectivity index is 1.59. The van der Waals surface area contributed by atoms with Gasteiger partial charge >= 0.3 is 5.97 Å². The normalized spacial score (nSPS) is 21.4. The first kappa shape index (κ1) is 20.0. The van der Waals surface area contributed by atoms with E-state index in [-0.39, 0.29) is 5.82 Å². The Kier molecular flexibility index (Phi) is 6.22. The lowest BCUT2D eigenvalue weighted by molar-refractivity contribution is 0.00459.